The highest BCUT2D eigenvalue weighted by Crippen LogP contribution is 2.30. The molecule has 0 heterocycles. The highest BCUT2D eigenvalue weighted by atomic mass is 16.2. The van der Waals surface area contributed by atoms with Gasteiger partial charge in [0.25, 0.3) is 0 Å². The van der Waals surface area contributed by atoms with Gasteiger partial charge in [-0.15, -0.1) is 0 Å². The van der Waals surface area contributed by atoms with Crippen LogP contribution >= 0.6 is 0 Å². The van der Waals surface area contributed by atoms with Crippen molar-refractivity contribution >= 4 is 6.03 Å². The molecule has 0 atom stereocenters. The Morgan fingerprint density at radius 3 is 1.60 bits per heavy atom. The van der Waals surface area contributed by atoms with Crippen LogP contribution in [0.5, 0.6) is 0 Å². The van der Waals surface area contributed by atoms with E-state index in [4.69, 9.17) is 0 Å². The highest BCUT2D eigenvalue weighted by Gasteiger charge is 2.25. The number of carbonyl (C=O) groups is 1. The van der Waals surface area contributed by atoms with Crippen LogP contribution in [0.1, 0.15) is 36.8 Å². The summed E-state index contributed by atoms with van der Waals surface area (Å²) >= 11 is 0. The van der Waals surface area contributed by atoms with E-state index in [-0.39, 0.29) is 6.03 Å². The topological polar surface area (TPSA) is 26.8 Å². The number of benzene rings is 2. The molecule has 0 bridgehead atoms. The van der Waals surface area contributed by atoms with Gasteiger partial charge in [-0.1, -0.05) is 60.7 Å². The van der Waals surface area contributed by atoms with Crippen molar-refractivity contribution in [1.82, 2.24) is 14.7 Å². The lowest BCUT2D eigenvalue weighted by Gasteiger charge is -2.34. The fourth-order valence-corrected chi connectivity index (χ4v) is 4.64. The molecule has 0 aliphatic heterocycles. The second-order valence-electron chi connectivity index (χ2n) is 9.09. The summed E-state index contributed by atoms with van der Waals surface area (Å²) in [5, 5.41) is 0. The fraction of sp³-hybridized carbons (Fsp3) is 0.500. The molecule has 0 radical (unpaired) electrons. The molecule has 0 N–H and O–H groups in total. The summed E-state index contributed by atoms with van der Waals surface area (Å²) in [5.74, 6) is 1.37. The molecule has 0 saturated heterocycles. The van der Waals surface area contributed by atoms with E-state index in [1.165, 1.54) is 36.8 Å². The van der Waals surface area contributed by atoms with Crippen LogP contribution < -0.4 is 0 Å². The van der Waals surface area contributed by atoms with E-state index in [1.807, 2.05) is 26.0 Å². The minimum Gasteiger partial charge on any atom is -0.331 e. The Kier molecular flexibility index (Phi) is 8.32. The summed E-state index contributed by atoms with van der Waals surface area (Å²) in [4.78, 5) is 18.3. The van der Waals surface area contributed by atoms with Gasteiger partial charge in [0.05, 0.1) is 0 Å². The van der Waals surface area contributed by atoms with Crippen LogP contribution in [0.4, 0.5) is 4.79 Å². The standard InChI is InChI=1S/C26H37N3O/c1-27(2)26(30)28(3)18-24-14-16-25(17-15-24)21-29(19-22-10-6-4-7-11-22)20-23-12-8-5-9-13-23/h4-13,24-25H,14-21H2,1-3H3. The minimum atomic E-state index is 0.106. The predicted octanol–water partition coefficient (Wildman–Crippen LogP) is 5.11. The Labute approximate surface area is 182 Å². The minimum absolute atomic E-state index is 0.106. The van der Waals surface area contributed by atoms with Gasteiger partial charge in [0.2, 0.25) is 0 Å². The molecule has 0 aromatic heterocycles. The average molecular weight is 408 g/mol. The second-order valence-corrected chi connectivity index (χ2v) is 9.09. The maximum atomic E-state index is 12.1. The van der Waals surface area contributed by atoms with Gasteiger partial charge < -0.3 is 9.80 Å². The third-order valence-electron chi connectivity index (χ3n) is 6.22. The van der Waals surface area contributed by atoms with Gasteiger partial charge in [-0.05, 0) is 48.6 Å². The monoisotopic (exact) mass is 407 g/mol. The van der Waals surface area contributed by atoms with E-state index in [0.29, 0.717) is 5.92 Å². The van der Waals surface area contributed by atoms with Crippen LogP contribution in [0.2, 0.25) is 0 Å². The molecule has 2 aromatic rings. The van der Waals surface area contributed by atoms with Gasteiger partial charge in [0.15, 0.2) is 0 Å². The molecule has 1 fully saturated rings. The zero-order chi connectivity index (χ0) is 21.3. The molecule has 2 amide bonds. The van der Waals surface area contributed by atoms with E-state index >= 15 is 0 Å². The first-order valence-corrected chi connectivity index (χ1v) is 11.2. The zero-order valence-electron chi connectivity index (χ0n) is 18.8. The van der Waals surface area contributed by atoms with Crippen molar-refractivity contribution < 1.29 is 4.79 Å². The molecule has 1 saturated carbocycles. The first-order chi connectivity index (χ1) is 14.5. The third kappa shape index (κ3) is 6.88. The molecule has 1 aliphatic carbocycles. The highest BCUT2D eigenvalue weighted by molar-refractivity contribution is 5.73. The van der Waals surface area contributed by atoms with Gasteiger partial charge in [-0.3, -0.25) is 4.90 Å². The molecular weight excluding hydrogens is 370 g/mol. The smallest absolute Gasteiger partial charge is 0.319 e. The van der Waals surface area contributed by atoms with Crippen LogP contribution in [0.15, 0.2) is 60.7 Å². The summed E-state index contributed by atoms with van der Waals surface area (Å²) < 4.78 is 0. The Hall–Kier alpha value is -2.33. The SMILES string of the molecule is CN(C)C(=O)N(C)CC1CCC(CN(Cc2ccccc2)Cc2ccccc2)CC1. The first kappa shape index (κ1) is 22.4. The van der Waals surface area contributed by atoms with Crippen LogP contribution in [0, 0.1) is 11.8 Å². The van der Waals surface area contributed by atoms with E-state index in [1.54, 1.807) is 4.90 Å². The lowest BCUT2D eigenvalue weighted by Crippen LogP contribution is -2.40. The van der Waals surface area contributed by atoms with E-state index in [2.05, 4.69) is 65.6 Å². The van der Waals surface area contributed by atoms with Crippen molar-refractivity contribution in [1.29, 1.82) is 0 Å². The summed E-state index contributed by atoms with van der Waals surface area (Å²) in [6, 6.07) is 21.7. The average Bonchev–Trinajstić information content (AvgIpc) is 2.76. The molecule has 4 nitrogen and oxygen atoms in total. The molecule has 1 aliphatic rings. The van der Waals surface area contributed by atoms with Crippen molar-refractivity contribution in [3.63, 3.8) is 0 Å². The van der Waals surface area contributed by atoms with Crippen LogP contribution in [-0.2, 0) is 13.1 Å². The lowest BCUT2D eigenvalue weighted by atomic mass is 9.81. The largest absolute Gasteiger partial charge is 0.331 e. The van der Waals surface area contributed by atoms with E-state index in [0.717, 1.165) is 32.1 Å². The number of hydrogen-bond donors (Lipinski definition) is 0. The predicted molar refractivity (Wildman–Crippen MR) is 124 cm³/mol. The van der Waals surface area contributed by atoms with E-state index in [9.17, 15) is 4.79 Å². The summed E-state index contributed by atoms with van der Waals surface area (Å²) in [6.07, 6.45) is 4.96. The second kappa shape index (κ2) is 11.2. The number of nitrogens with zero attached hydrogens (tertiary/aromatic N) is 3. The molecule has 0 spiro atoms. The van der Waals surface area contributed by atoms with Gasteiger partial charge in [0.1, 0.15) is 0 Å². The van der Waals surface area contributed by atoms with Crippen molar-refractivity contribution in [2.45, 2.75) is 38.8 Å². The Morgan fingerprint density at radius 2 is 1.17 bits per heavy atom. The van der Waals surface area contributed by atoms with E-state index < -0.39 is 0 Å². The van der Waals surface area contributed by atoms with Crippen molar-refractivity contribution in [2.24, 2.45) is 11.8 Å². The van der Waals surface area contributed by atoms with Gasteiger partial charge in [0, 0.05) is 47.3 Å². The zero-order valence-corrected chi connectivity index (χ0v) is 18.8. The quantitative estimate of drug-likeness (QED) is 0.608. The van der Waals surface area contributed by atoms with Crippen LogP contribution in [0.25, 0.3) is 0 Å². The molecule has 162 valence electrons. The fourth-order valence-electron chi connectivity index (χ4n) is 4.64. The number of urea groups is 1. The molecule has 0 unspecified atom stereocenters. The Bertz CT molecular complexity index is 713. The Balaban J connectivity index is 1.54. The number of hydrogen-bond acceptors (Lipinski definition) is 2. The summed E-state index contributed by atoms with van der Waals surface area (Å²) in [7, 11) is 5.57. The normalized spacial score (nSPS) is 18.9. The van der Waals surface area contributed by atoms with Crippen LogP contribution in [0.3, 0.4) is 0 Å². The summed E-state index contributed by atoms with van der Waals surface area (Å²) in [6.45, 7) is 4.01. The maximum absolute atomic E-state index is 12.1. The van der Waals surface area contributed by atoms with Crippen LogP contribution in [-0.4, -0.2) is 55.0 Å². The third-order valence-corrected chi connectivity index (χ3v) is 6.22. The molecular formula is C26H37N3O. The molecule has 30 heavy (non-hydrogen) atoms. The Morgan fingerprint density at radius 1 is 0.733 bits per heavy atom. The summed E-state index contributed by atoms with van der Waals surface area (Å²) in [5.41, 5.74) is 2.76. The van der Waals surface area contributed by atoms with Crippen molar-refractivity contribution in [3.8, 4) is 0 Å². The van der Waals surface area contributed by atoms with Gasteiger partial charge >= 0.3 is 6.03 Å². The first-order valence-electron chi connectivity index (χ1n) is 11.2. The number of amides is 2. The van der Waals surface area contributed by atoms with Gasteiger partial charge in [-0.25, -0.2) is 4.79 Å². The number of carbonyl (C=O) groups excluding carboxylic acids is 1. The lowest BCUT2D eigenvalue weighted by molar-refractivity contribution is 0.144. The molecule has 2 aromatic carbocycles. The van der Waals surface area contributed by atoms with Crippen molar-refractivity contribution in [2.75, 3.05) is 34.2 Å². The molecule has 3 rings (SSSR count). The van der Waals surface area contributed by atoms with Crippen molar-refractivity contribution in [3.05, 3.63) is 71.8 Å². The molecule has 4 heteroatoms. The maximum Gasteiger partial charge on any atom is 0.319 e. The van der Waals surface area contributed by atoms with Gasteiger partial charge in [-0.2, -0.15) is 0 Å². The number of rotatable bonds is 8.